The maximum absolute atomic E-state index is 11.9. The van der Waals surface area contributed by atoms with Crippen molar-refractivity contribution < 1.29 is 9.32 Å². The van der Waals surface area contributed by atoms with E-state index in [1.807, 2.05) is 24.3 Å². The highest BCUT2D eigenvalue weighted by Gasteiger charge is 2.22. The lowest BCUT2D eigenvalue weighted by Crippen LogP contribution is -2.24. The van der Waals surface area contributed by atoms with E-state index >= 15 is 0 Å². The summed E-state index contributed by atoms with van der Waals surface area (Å²) in [6.07, 6.45) is 2.19. The Kier molecular flexibility index (Phi) is 3.24. The van der Waals surface area contributed by atoms with Gasteiger partial charge in [0.1, 0.15) is 0 Å². The molecule has 0 spiro atoms. The molecule has 1 saturated heterocycles. The van der Waals surface area contributed by atoms with E-state index in [1.165, 1.54) is 6.39 Å². The van der Waals surface area contributed by atoms with E-state index in [1.54, 1.807) is 0 Å². The Hall–Kier alpha value is -2.21. The molecule has 6 heteroatoms. The van der Waals surface area contributed by atoms with Crippen LogP contribution in [-0.2, 0) is 4.79 Å². The smallest absolute Gasteiger partial charge is 0.228 e. The van der Waals surface area contributed by atoms with Gasteiger partial charge in [-0.25, -0.2) is 0 Å². The van der Waals surface area contributed by atoms with Gasteiger partial charge in [0.25, 0.3) is 0 Å². The number of aromatic nitrogens is 2. The van der Waals surface area contributed by atoms with Crippen LogP contribution in [0.15, 0.2) is 35.2 Å². The van der Waals surface area contributed by atoms with Gasteiger partial charge in [-0.2, -0.15) is 4.98 Å². The van der Waals surface area contributed by atoms with Crippen molar-refractivity contribution in [1.82, 2.24) is 15.5 Å². The fourth-order valence-corrected chi connectivity index (χ4v) is 2.12. The minimum absolute atomic E-state index is 0.0666. The maximum Gasteiger partial charge on any atom is 0.228 e. The molecule has 0 bridgehead atoms. The second kappa shape index (κ2) is 5.19. The zero-order valence-electron chi connectivity index (χ0n) is 10.3. The lowest BCUT2D eigenvalue weighted by atomic mass is 10.1. The summed E-state index contributed by atoms with van der Waals surface area (Å²) in [5.74, 6) is 0.673. The van der Waals surface area contributed by atoms with E-state index in [-0.39, 0.29) is 11.8 Å². The SMILES string of the molecule is O=C(Nc1ccc(-c2ncon2)cc1)C1CCNC1. The summed E-state index contributed by atoms with van der Waals surface area (Å²) in [4.78, 5) is 15.9. The van der Waals surface area contributed by atoms with Crippen molar-refractivity contribution in [3.63, 3.8) is 0 Å². The van der Waals surface area contributed by atoms with Gasteiger partial charge >= 0.3 is 0 Å². The molecule has 98 valence electrons. The van der Waals surface area contributed by atoms with Crippen molar-refractivity contribution >= 4 is 11.6 Å². The highest BCUT2D eigenvalue weighted by molar-refractivity contribution is 5.93. The molecule has 1 unspecified atom stereocenters. The third-order valence-electron chi connectivity index (χ3n) is 3.20. The number of anilines is 1. The average Bonchev–Trinajstić information content (AvgIpc) is 3.13. The van der Waals surface area contributed by atoms with Crippen molar-refractivity contribution in [3.8, 4) is 11.4 Å². The first-order chi connectivity index (χ1) is 9.33. The van der Waals surface area contributed by atoms with E-state index in [4.69, 9.17) is 4.52 Å². The number of nitrogens with zero attached hydrogens (tertiary/aromatic N) is 2. The van der Waals surface area contributed by atoms with E-state index in [2.05, 4.69) is 20.8 Å². The van der Waals surface area contributed by atoms with Crippen LogP contribution >= 0.6 is 0 Å². The summed E-state index contributed by atoms with van der Waals surface area (Å²) in [5.41, 5.74) is 1.64. The summed E-state index contributed by atoms with van der Waals surface area (Å²) in [7, 11) is 0. The molecule has 1 aromatic heterocycles. The van der Waals surface area contributed by atoms with Crippen LogP contribution < -0.4 is 10.6 Å². The largest absolute Gasteiger partial charge is 0.342 e. The minimum Gasteiger partial charge on any atom is -0.342 e. The second-order valence-electron chi connectivity index (χ2n) is 4.51. The molecule has 2 heterocycles. The standard InChI is InChI=1S/C13H14N4O2/c18-13(10-5-6-14-7-10)16-11-3-1-9(2-4-11)12-15-8-19-17-12/h1-4,8,10,14H,5-7H2,(H,16,18). The fraction of sp³-hybridized carbons (Fsp3) is 0.308. The Bertz CT molecular complexity index is 545. The van der Waals surface area contributed by atoms with Crippen LogP contribution in [0.2, 0.25) is 0 Å². The summed E-state index contributed by atoms with van der Waals surface area (Å²) < 4.78 is 4.69. The Morgan fingerprint density at radius 3 is 2.84 bits per heavy atom. The number of hydrogen-bond acceptors (Lipinski definition) is 5. The predicted octanol–water partition coefficient (Wildman–Crippen LogP) is 1.28. The number of hydrogen-bond donors (Lipinski definition) is 2. The number of carbonyl (C=O) groups excluding carboxylic acids is 1. The third-order valence-corrected chi connectivity index (χ3v) is 3.20. The molecule has 1 aliphatic rings. The van der Waals surface area contributed by atoms with Crippen LogP contribution in [0, 0.1) is 5.92 Å². The highest BCUT2D eigenvalue weighted by Crippen LogP contribution is 2.18. The lowest BCUT2D eigenvalue weighted by Gasteiger charge is -2.09. The zero-order valence-corrected chi connectivity index (χ0v) is 10.3. The van der Waals surface area contributed by atoms with E-state index < -0.39 is 0 Å². The normalized spacial score (nSPS) is 18.4. The average molecular weight is 258 g/mol. The summed E-state index contributed by atoms with van der Waals surface area (Å²) in [6.45, 7) is 1.67. The molecule has 1 aliphatic heterocycles. The molecule has 2 aromatic rings. The second-order valence-corrected chi connectivity index (χ2v) is 4.51. The predicted molar refractivity (Wildman–Crippen MR) is 69.3 cm³/mol. The molecule has 2 N–H and O–H groups in total. The molecule has 1 amide bonds. The molecule has 0 saturated carbocycles. The van der Waals surface area contributed by atoms with Crippen LogP contribution in [0.25, 0.3) is 11.4 Å². The molecule has 19 heavy (non-hydrogen) atoms. The van der Waals surface area contributed by atoms with Gasteiger partial charge in [0.05, 0.1) is 5.92 Å². The van der Waals surface area contributed by atoms with Gasteiger partial charge in [-0.1, -0.05) is 5.16 Å². The zero-order chi connectivity index (χ0) is 13.1. The number of rotatable bonds is 3. The number of benzene rings is 1. The Morgan fingerprint density at radius 1 is 1.37 bits per heavy atom. The summed E-state index contributed by atoms with van der Waals surface area (Å²) in [5, 5.41) is 9.85. The van der Waals surface area contributed by atoms with Crippen LogP contribution in [0.1, 0.15) is 6.42 Å². The first kappa shape index (κ1) is 11.9. The first-order valence-electron chi connectivity index (χ1n) is 6.21. The van der Waals surface area contributed by atoms with Crippen LogP contribution in [0.3, 0.4) is 0 Å². The summed E-state index contributed by atoms with van der Waals surface area (Å²) in [6, 6.07) is 7.39. The Labute approximate surface area is 110 Å². The van der Waals surface area contributed by atoms with Gasteiger partial charge in [-0.05, 0) is 37.2 Å². The van der Waals surface area contributed by atoms with Gasteiger partial charge in [-0.15, -0.1) is 0 Å². The molecule has 1 atom stereocenters. The minimum atomic E-state index is 0.0666. The van der Waals surface area contributed by atoms with Crippen molar-refractivity contribution in [2.24, 2.45) is 5.92 Å². The Balaban J connectivity index is 1.67. The van der Waals surface area contributed by atoms with Crippen LogP contribution in [-0.4, -0.2) is 29.1 Å². The molecule has 1 aromatic carbocycles. The fourth-order valence-electron chi connectivity index (χ4n) is 2.12. The Morgan fingerprint density at radius 2 is 2.21 bits per heavy atom. The van der Waals surface area contributed by atoms with Gasteiger partial charge in [0.2, 0.25) is 18.1 Å². The van der Waals surface area contributed by atoms with E-state index in [0.717, 1.165) is 30.8 Å². The molecular formula is C13H14N4O2. The van der Waals surface area contributed by atoms with Crippen molar-refractivity contribution in [1.29, 1.82) is 0 Å². The molecule has 0 radical (unpaired) electrons. The highest BCUT2D eigenvalue weighted by atomic mass is 16.5. The van der Waals surface area contributed by atoms with E-state index in [0.29, 0.717) is 5.82 Å². The molecular weight excluding hydrogens is 244 g/mol. The molecule has 6 nitrogen and oxygen atoms in total. The van der Waals surface area contributed by atoms with Crippen molar-refractivity contribution in [2.45, 2.75) is 6.42 Å². The first-order valence-corrected chi connectivity index (χ1v) is 6.21. The number of amides is 1. The van der Waals surface area contributed by atoms with Crippen LogP contribution in [0.4, 0.5) is 5.69 Å². The van der Waals surface area contributed by atoms with Crippen molar-refractivity contribution in [3.05, 3.63) is 30.7 Å². The maximum atomic E-state index is 11.9. The van der Waals surface area contributed by atoms with E-state index in [9.17, 15) is 4.79 Å². The van der Waals surface area contributed by atoms with Crippen molar-refractivity contribution in [2.75, 3.05) is 18.4 Å². The number of nitrogens with one attached hydrogen (secondary N) is 2. The topological polar surface area (TPSA) is 80.1 Å². The quantitative estimate of drug-likeness (QED) is 0.867. The van der Waals surface area contributed by atoms with Gasteiger partial charge in [0.15, 0.2) is 0 Å². The molecule has 0 aliphatic carbocycles. The van der Waals surface area contributed by atoms with Gasteiger partial charge in [-0.3, -0.25) is 4.79 Å². The van der Waals surface area contributed by atoms with Crippen LogP contribution in [0.5, 0.6) is 0 Å². The third kappa shape index (κ3) is 2.63. The van der Waals surface area contributed by atoms with Gasteiger partial charge in [0, 0.05) is 17.8 Å². The molecule has 1 fully saturated rings. The molecule has 3 rings (SSSR count). The summed E-state index contributed by atoms with van der Waals surface area (Å²) >= 11 is 0. The van der Waals surface area contributed by atoms with Gasteiger partial charge < -0.3 is 15.2 Å². The monoisotopic (exact) mass is 258 g/mol. The lowest BCUT2D eigenvalue weighted by molar-refractivity contribution is -0.119. The number of carbonyl (C=O) groups is 1.